The molecule has 0 fully saturated rings. The first kappa shape index (κ1) is 8.04. The van der Waals surface area contributed by atoms with Gasteiger partial charge in [0.25, 0.3) is 0 Å². The highest BCUT2D eigenvalue weighted by Gasteiger charge is 1.95. The number of furan rings is 1. The third-order valence-corrected chi connectivity index (χ3v) is 1.23. The van der Waals surface area contributed by atoms with Crippen molar-refractivity contribution in [3.63, 3.8) is 0 Å². The molecular formula is C8H10O3. The Morgan fingerprint density at radius 2 is 2.18 bits per heavy atom. The van der Waals surface area contributed by atoms with Crippen LogP contribution >= 0.6 is 0 Å². The maximum Gasteiger partial charge on any atom is 0.130 e. The van der Waals surface area contributed by atoms with E-state index in [-0.39, 0.29) is 13.2 Å². The van der Waals surface area contributed by atoms with Gasteiger partial charge in [-0.2, -0.15) is 0 Å². The molecule has 0 aliphatic heterocycles. The average molecular weight is 154 g/mol. The lowest BCUT2D eigenvalue weighted by Crippen LogP contribution is -1.74. The molecule has 0 amide bonds. The molecule has 0 atom stereocenters. The number of aliphatic hydroxyl groups excluding tert-OH is 2. The second-order valence-corrected chi connectivity index (χ2v) is 2.05. The molecule has 1 aromatic heterocycles. The lowest BCUT2D eigenvalue weighted by molar-refractivity contribution is 0.246. The zero-order chi connectivity index (χ0) is 8.10. The fourth-order valence-electron chi connectivity index (χ4n) is 0.738. The van der Waals surface area contributed by atoms with Crippen LogP contribution in [0.2, 0.25) is 0 Å². The second kappa shape index (κ2) is 3.95. The summed E-state index contributed by atoms with van der Waals surface area (Å²) in [6.45, 7) is -0.0951. The average Bonchev–Trinajstić information content (AvgIpc) is 2.48. The van der Waals surface area contributed by atoms with Gasteiger partial charge in [0.1, 0.15) is 18.1 Å². The summed E-state index contributed by atoms with van der Waals surface area (Å²) in [5, 5.41) is 17.0. The van der Waals surface area contributed by atoms with E-state index in [4.69, 9.17) is 14.6 Å². The molecule has 0 unspecified atom stereocenters. The zero-order valence-electron chi connectivity index (χ0n) is 6.03. The van der Waals surface area contributed by atoms with Gasteiger partial charge in [0, 0.05) is 0 Å². The summed E-state index contributed by atoms with van der Waals surface area (Å²) < 4.78 is 5.09. The summed E-state index contributed by atoms with van der Waals surface area (Å²) in [6, 6.07) is 3.43. The van der Waals surface area contributed by atoms with Crippen LogP contribution in [0.4, 0.5) is 0 Å². The van der Waals surface area contributed by atoms with Gasteiger partial charge >= 0.3 is 0 Å². The molecule has 2 N–H and O–H groups in total. The number of hydrogen-bond donors (Lipinski definition) is 2. The summed E-state index contributed by atoms with van der Waals surface area (Å²) in [7, 11) is 0. The van der Waals surface area contributed by atoms with Gasteiger partial charge in [-0.05, 0) is 18.2 Å². The molecule has 60 valence electrons. The highest BCUT2D eigenvalue weighted by Crippen LogP contribution is 2.08. The smallest absolute Gasteiger partial charge is 0.130 e. The summed E-state index contributed by atoms with van der Waals surface area (Å²) in [6.07, 6.45) is 3.22. The Morgan fingerprint density at radius 1 is 1.36 bits per heavy atom. The van der Waals surface area contributed by atoms with Crippen LogP contribution in [0.3, 0.4) is 0 Å². The highest BCUT2D eigenvalue weighted by atomic mass is 16.4. The van der Waals surface area contributed by atoms with Gasteiger partial charge in [0.15, 0.2) is 0 Å². The molecule has 11 heavy (non-hydrogen) atoms. The first-order valence-electron chi connectivity index (χ1n) is 3.34. The van der Waals surface area contributed by atoms with Crippen molar-refractivity contribution in [3.05, 3.63) is 29.7 Å². The predicted molar refractivity (Wildman–Crippen MR) is 40.8 cm³/mol. The molecule has 0 spiro atoms. The lowest BCUT2D eigenvalue weighted by atomic mass is 10.4. The largest absolute Gasteiger partial charge is 0.459 e. The van der Waals surface area contributed by atoms with Crippen LogP contribution in [0.15, 0.2) is 22.6 Å². The summed E-state index contributed by atoms with van der Waals surface area (Å²) in [5.41, 5.74) is 0. The minimum Gasteiger partial charge on any atom is -0.459 e. The van der Waals surface area contributed by atoms with Crippen molar-refractivity contribution >= 4 is 6.08 Å². The van der Waals surface area contributed by atoms with Gasteiger partial charge in [0.2, 0.25) is 0 Å². The normalized spacial score (nSPS) is 11.1. The Bertz CT molecular complexity index is 237. The van der Waals surface area contributed by atoms with Crippen LogP contribution < -0.4 is 0 Å². The van der Waals surface area contributed by atoms with E-state index < -0.39 is 0 Å². The van der Waals surface area contributed by atoms with Crippen LogP contribution in [0.25, 0.3) is 6.08 Å². The van der Waals surface area contributed by atoms with Crippen molar-refractivity contribution in [2.75, 3.05) is 6.61 Å². The Balaban J connectivity index is 2.65. The first-order chi connectivity index (χ1) is 5.36. The van der Waals surface area contributed by atoms with Crippen molar-refractivity contribution in [2.24, 2.45) is 0 Å². The van der Waals surface area contributed by atoms with E-state index in [2.05, 4.69) is 0 Å². The second-order valence-electron chi connectivity index (χ2n) is 2.05. The molecule has 1 aromatic rings. The molecule has 3 nitrogen and oxygen atoms in total. The predicted octanol–water partition coefficient (Wildman–Crippen LogP) is 0.777. The molecule has 0 saturated carbocycles. The van der Waals surface area contributed by atoms with Crippen molar-refractivity contribution in [2.45, 2.75) is 6.61 Å². The molecule has 0 saturated heterocycles. The van der Waals surface area contributed by atoms with Crippen LogP contribution in [0, 0.1) is 0 Å². The van der Waals surface area contributed by atoms with Gasteiger partial charge < -0.3 is 14.6 Å². The monoisotopic (exact) mass is 154 g/mol. The quantitative estimate of drug-likeness (QED) is 0.676. The molecule has 0 bridgehead atoms. The van der Waals surface area contributed by atoms with Crippen LogP contribution in [-0.4, -0.2) is 16.8 Å². The molecule has 3 heteroatoms. The SMILES string of the molecule is OCC=Cc1ccc(CO)o1. The Morgan fingerprint density at radius 3 is 2.73 bits per heavy atom. The van der Waals surface area contributed by atoms with Gasteiger partial charge in [-0.25, -0.2) is 0 Å². The summed E-state index contributed by atoms with van der Waals surface area (Å²) in [5.74, 6) is 1.17. The van der Waals surface area contributed by atoms with Gasteiger partial charge in [-0.15, -0.1) is 0 Å². The van der Waals surface area contributed by atoms with Crippen molar-refractivity contribution < 1.29 is 14.6 Å². The third-order valence-electron chi connectivity index (χ3n) is 1.23. The zero-order valence-corrected chi connectivity index (χ0v) is 6.03. The molecule has 1 heterocycles. The maximum atomic E-state index is 8.61. The Kier molecular flexibility index (Phi) is 2.89. The topological polar surface area (TPSA) is 53.6 Å². The van der Waals surface area contributed by atoms with Crippen molar-refractivity contribution in [3.8, 4) is 0 Å². The van der Waals surface area contributed by atoms with E-state index in [1.165, 1.54) is 0 Å². The van der Waals surface area contributed by atoms with E-state index in [9.17, 15) is 0 Å². The van der Waals surface area contributed by atoms with Crippen LogP contribution in [0.5, 0.6) is 0 Å². The van der Waals surface area contributed by atoms with E-state index in [1.807, 2.05) is 0 Å². The Hall–Kier alpha value is -1.06. The fraction of sp³-hybridized carbons (Fsp3) is 0.250. The molecule has 0 aliphatic carbocycles. The van der Waals surface area contributed by atoms with Gasteiger partial charge in [0.05, 0.1) is 6.61 Å². The van der Waals surface area contributed by atoms with E-state index in [0.29, 0.717) is 11.5 Å². The van der Waals surface area contributed by atoms with E-state index in [1.54, 1.807) is 24.3 Å². The summed E-state index contributed by atoms with van der Waals surface area (Å²) in [4.78, 5) is 0. The Labute approximate surface area is 64.6 Å². The van der Waals surface area contributed by atoms with Crippen molar-refractivity contribution in [1.82, 2.24) is 0 Å². The molecule has 0 aromatic carbocycles. The van der Waals surface area contributed by atoms with Crippen LogP contribution in [-0.2, 0) is 6.61 Å². The third kappa shape index (κ3) is 2.22. The maximum absolute atomic E-state index is 8.61. The minimum absolute atomic E-state index is 0.00480. The van der Waals surface area contributed by atoms with Crippen LogP contribution in [0.1, 0.15) is 11.5 Å². The van der Waals surface area contributed by atoms with E-state index >= 15 is 0 Å². The molecule has 0 radical (unpaired) electrons. The minimum atomic E-state index is -0.0903. The molecule has 1 rings (SSSR count). The lowest BCUT2D eigenvalue weighted by Gasteiger charge is -1.85. The standard InChI is InChI=1S/C8H10O3/c9-5-1-2-7-3-4-8(6-10)11-7/h1-4,9-10H,5-6H2. The molecular weight excluding hydrogens is 144 g/mol. The highest BCUT2D eigenvalue weighted by molar-refractivity contribution is 5.42. The number of rotatable bonds is 3. The van der Waals surface area contributed by atoms with Crippen molar-refractivity contribution in [1.29, 1.82) is 0 Å². The van der Waals surface area contributed by atoms with Gasteiger partial charge in [-0.3, -0.25) is 0 Å². The number of hydrogen-bond acceptors (Lipinski definition) is 3. The molecule has 0 aliphatic rings. The fourth-order valence-corrected chi connectivity index (χ4v) is 0.738. The summed E-state index contributed by atoms with van der Waals surface area (Å²) >= 11 is 0. The van der Waals surface area contributed by atoms with E-state index in [0.717, 1.165) is 0 Å². The van der Waals surface area contributed by atoms with Gasteiger partial charge in [-0.1, -0.05) is 6.08 Å². The number of aliphatic hydroxyl groups is 2. The first-order valence-corrected chi connectivity index (χ1v) is 3.34.